The Morgan fingerprint density at radius 1 is 1.22 bits per heavy atom. The fourth-order valence-corrected chi connectivity index (χ4v) is 3.37. The van der Waals surface area contributed by atoms with Crippen molar-refractivity contribution in [3.05, 3.63) is 53.0 Å². The highest BCUT2D eigenvalue weighted by Gasteiger charge is 2.31. The molecule has 3 rings (SSSR count). The molecular formula is C20H17F3N4O5. The van der Waals surface area contributed by atoms with E-state index in [1.165, 1.54) is 16.7 Å². The van der Waals surface area contributed by atoms with Crippen LogP contribution in [-0.4, -0.2) is 43.9 Å². The Morgan fingerprint density at radius 2 is 1.94 bits per heavy atom. The van der Waals surface area contributed by atoms with E-state index in [9.17, 15) is 27.6 Å². The first-order chi connectivity index (χ1) is 15.0. The van der Waals surface area contributed by atoms with Crippen LogP contribution in [0.25, 0.3) is 11.0 Å². The number of ether oxygens (including phenoxy) is 1. The van der Waals surface area contributed by atoms with Gasteiger partial charge in [0.1, 0.15) is 12.0 Å². The van der Waals surface area contributed by atoms with Crippen LogP contribution in [0.3, 0.4) is 0 Å². The number of aromatic nitrogens is 3. The molecular weight excluding hydrogens is 433 g/mol. The van der Waals surface area contributed by atoms with E-state index in [0.717, 1.165) is 18.5 Å². The summed E-state index contributed by atoms with van der Waals surface area (Å²) in [5, 5.41) is 8.86. The molecule has 0 aliphatic carbocycles. The molecule has 3 aromatic rings. The molecule has 0 unspecified atom stereocenters. The summed E-state index contributed by atoms with van der Waals surface area (Å²) >= 11 is 0. The van der Waals surface area contributed by atoms with E-state index in [4.69, 9.17) is 15.6 Å². The largest absolute Gasteiger partial charge is 0.479 e. The second kappa shape index (κ2) is 8.65. The lowest BCUT2D eigenvalue weighted by molar-refractivity contribution is -0.139. The highest BCUT2D eigenvalue weighted by atomic mass is 19.4. The van der Waals surface area contributed by atoms with Crippen LogP contribution in [-0.2, 0) is 28.7 Å². The molecule has 12 heteroatoms. The maximum absolute atomic E-state index is 13.1. The van der Waals surface area contributed by atoms with Gasteiger partial charge in [-0.3, -0.25) is 9.59 Å². The number of nitrogens with two attached hydrogens (primary N) is 1. The molecule has 0 fully saturated rings. The Hall–Kier alpha value is -3.96. The lowest BCUT2D eigenvalue weighted by atomic mass is 10.1. The van der Waals surface area contributed by atoms with Gasteiger partial charge in [-0.1, -0.05) is 19.1 Å². The van der Waals surface area contributed by atoms with Gasteiger partial charge in [-0.25, -0.2) is 14.8 Å². The van der Waals surface area contributed by atoms with Gasteiger partial charge in [-0.05, 0) is 24.1 Å². The van der Waals surface area contributed by atoms with Gasteiger partial charge in [0.15, 0.2) is 6.61 Å². The number of nitrogens with zero attached hydrogens (tertiary/aromatic N) is 3. The van der Waals surface area contributed by atoms with Gasteiger partial charge in [0.2, 0.25) is 5.88 Å². The van der Waals surface area contributed by atoms with Crippen LogP contribution in [0.2, 0.25) is 0 Å². The van der Waals surface area contributed by atoms with Crippen LogP contribution < -0.4 is 10.5 Å². The molecule has 0 saturated carbocycles. The number of fused-ring (bicyclic) bond motifs is 1. The first-order valence-electron chi connectivity index (χ1n) is 9.25. The summed E-state index contributed by atoms with van der Waals surface area (Å²) in [6.07, 6.45) is -3.31. The minimum Gasteiger partial charge on any atom is -0.479 e. The Morgan fingerprint density at radius 3 is 2.53 bits per heavy atom. The molecule has 0 atom stereocenters. The number of carboxylic acids is 1. The number of benzene rings is 1. The first-order valence-corrected chi connectivity index (χ1v) is 9.25. The lowest BCUT2D eigenvalue weighted by Crippen LogP contribution is -2.24. The molecule has 0 bridgehead atoms. The number of rotatable bonds is 8. The van der Waals surface area contributed by atoms with Gasteiger partial charge in [0.05, 0.1) is 16.5 Å². The van der Waals surface area contributed by atoms with E-state index in [-0.39, 0.29) is 46.7 Å². The second-order valence-electron chi connectivity index (χ2n) is 6.71. The normalized spacial score (nSPS) is 11.5. The molecule has 1 aromatic carbocycles. The quantitative estimate of drug-likeness (QED) is 0.396. The number of aliphatic carboxylic acids is 1. The number of hydrogen-bond acceptors (Lipinski definition) is 6. The summed E-state index contributed by atoms with van der Waals surface area (Å²) in [6, 6.07) is 4.62. The molecule has 32 heavy (non-hydrogen) atoms. The van der Waals surface area contributed by atoms with Crippen molar-refractivity contribution in [3.8, 4) is 5.88 Å². The number of ketones is 1. The number of Topliss-reactive ketones (excluding diaryl/α,β-unsaturated/α-hetero) is 1. The topological polar surface area (TPSA) is 137 Å². The predicted molar refractivity (Wildman–Crippen MR) is 104 cm³/mol. The zero-order chi connectivity index (χ0) is 23.6. The summed E-state index contributed by atoms with van der Waals surface area (Å²) < 4.78 is 46.0. The fourth-order valence-electron chi connectivity index (χ4n) is 3.37. The number of alkyl halides is 3. The number of amides is 1. The van der Waals surface area contributed by atoms with Gasteiger partial charge in [-0.2, -0.15) is 13.2 Å². The van der Waals surface area contributed by atoms with Crippen molar-refractivity contribution < 1.29 is 37.4 Å². The maximum Gasteiger partial charge on any atom is 0.416 e. The molecule has 1 amide bonds. The van der Waals surface area contributed by atoms with Crippen LogP contribution in [0.1, 0.15) is 34.1 Å². The van der Waals surface area contributed by atoms with E-state index >= 15 is 0 Å². The lowest BCUT2D eigenvalue weighted by Gasteiger charge is -2.12. The van der Waals surface area contributed by atoms with Gasteiger partial charge in [-0.15, -0.1) is 0 Å². The summed E-state index contributed by atoms with van der Waals surface area (Å²) in [7, 11) is 0. The second-order valence-corrected chi connectivity index (χ2v) is 6.71. The highest BCUT2D eigenvalue weighted by molar-refractivity contribution is 6.45. The van der Waals surface area contributed by atoms with Crippen LogP contribution in [0.4, 0.5) is 13.2 Å². The van der Waals surface area contributed by atoms with Crippen LogP contribution >= 0.6 is 0 Å². The molecule has 0 saturated heterocycles. The van der Waals surface area contributed by atoms with Crippen molar-refractivity contribution in [3.63, 3.8) is 0 Å². The van der Waals surface area contributed by atoms with E-state index < -0.39 is 36.0 Å². The van der Waals surface area contributed by atoms with Crippen LogP contribution in [0, 0.1) is 0 Å². The molecule has 0 aliphatic rings. The Kier molecular flexibility index (Phi) is 6.14. The van der Waals surface area contributed by atoms with Crippen molar-refractivity contribution in [2.75, 3.05) is 6.61 Å². The molecule has 2 heterocycles. The third-order valence-corrected chi connectivity index (χ3v) is 4.63. The minimum atomic E-state index is -4.55. The number of hydrogen-bond donors (Lipinski definition) is 2. The average Bonchev–Trinajstić information content (AvgIpc) is 3.04. The first kappa shape index (κ1) is 22.7. The van der Waals surface area contributed by atoms with Crippen molar-refractivity contribution >= 4 is 28.7 Å². The van der Waals surface area contributed by atoms with Gasteiger partial charge in [0.25, 0.3) is 11.7 Å². The maximum atomic E-state index is 13.1. The number of halogens is 3. The van der Waals surface area contributed by atoms with Crippen LogP contribution in [0.15, 0.2) is 30.6 Å². The van der Waals surface area contributed by atoms with Gasteiger partial charge < -0.3 is 20.1 Å². The minimum absolute atomic E-state index is 0.0404. The predicted octanol–water partition coefficient (Wildman–Crippen LogP) is 2.19. The summed E-state index contributed by atoms with van der Waals surface area (Å²) in [6.45, 7) is 0.765. The SMILES string of the molecule is CCc1c(C(=O)C(N)=O)c2c(OCC(=O)O)ncnc2n1Cc1cccc(C(F)(F)F)c1. The molecule has 3 N–H and O–H groups in total. The summed E-state index contributed by atoms with van der Waals surface area (Å²) in [5.41, 5.74) is 4.77. The van der Waals surface area contributed by atoms with E-state index in [1.807, 2.05) is 0 Å². The Labute approximate surface area is 178 Å². The molecule has 9 nitrogen and oxygen atoms in total. The molecule has 0 spiro atoms. The molecule has 0 aliphatic heterocycles. The van der Waals surface area contributed by atoms with E-state index in [1.54, 1.807) is 6.92 Å². The Balaban J connectivity index is 2.24. The molecule has 0 radical (unpaired) electrons. The monoisotopic (exact) mass is 450 g/mol. The Bertz CT molecular complexity index is 1220. The highest BCUT2D eigenvalue weighted by Crippen LogP contribution is 2.34. The zero-order valence-electron chi connectivity index (χ0n) is 16.6. The summed E-state index contributed by atoms with van der Waals surface area (Å²) in [5.74, 6) is -3.92. The number of carbonyl (C=O) groups is 3. The number of primary amides is 1. The van der Waals surface area contributed by atoms with Gasteiger partial charge >= 0.3 is 12.1 Å². The number of carbonyl (C=O) groups excluding carboxylic acids is 2. The molecule has 2 aromatic heterocycles. The average molecular weight is 450 g/mol. The van der Waals surface area contributed by atoms with E-state index in [2.05, 4.69) is 9.97 Å². The molecule has 168 valence electrons. The van der Waals surface area contributed by atoms with Crippen molar-refractivity contribution in [2.45, 2.75) is 26.1 Å². The summed E-state index contributed by atoms with van der Waals surface area (Å²) in [4.78, 5) is 43.2. The third kappa shape index (κ3) is 4.38. The van der Waals surface area contributed by atoms with E-state index in [0.29, 0.717) is 0 Å². The third-order valence-electron chi connectivity index (χ3n) is 4.63. The van der Waals surface area contributed by atoms with Crippen molar-refractivity contribution in [1.82, 2.24) is 14.5 Å². The standard InChI is InChI=1S/C20H17F3N4O5/c1-2-12-14(16(30)17(24)31)15-18(25-9-26-19(15)32-8-13(28)29)27(12)7-10-4-3-5-11(6-10)20(21,22)23/h3-6,9H,2,7-8H2,1H3,(H2,24,31)(H,28,29). The smallest absolute Gasteiger partial charge is 0.416 e. The van der Waals surface area contributed by atoms with Crippen LogP contribution in [0.5, 0.6) is 5.88 Å². The van der Waals surface area contributed by atoms with Gasteiger partial charge in [0, 0.05) is 12.2 Å². The van der Waals surface area contributed by atoms with Crippen molar-refractivity contribution in [1.29, 1.82) is 0 Å². The zero-order valence-corrected chi connectivity index (χ0v) is 16.6. The fraction of sp³-hybridized carbons (Fsp3) is 0.250. The van der Waals surface area contributed by atoms with Crippen molar-refractivity contribution in [2.24, 2.45) is 5.73 Å². The number of carboxylic acid groups (broad SMARTS) is 1.